The number of benzene rings is 1. The number of carbonyl (C=O) groups excluding carboxylic acids is 2. The van der Waals surface area contributed by atoms with Crippen LogP contribution in [0.25, 0.3) is 10.9 Å². The number of halogens is 2. The van der Waals surface area contributed by atoms with E-state index in [1.54, 1.807) is 23.1 Å². The highest BCUT2D eigenvalue weighted by Gasteiger charge is 2.56. The maximum atomic E-state index is 13.2. The van der Waals surface area contributed by atoms with Crippen LogP contribution >= 0.6 is 27.5 Å². The molecule has 2 N–H and O–H groups in total. The Morgan fingerprint density at radius 1 is 1.37 bits per heavy atom. The van der Waals surface area contributed by atoms with Gasteiger partial charge in [-0.15, -0.1) is 0 Å². The van der Waals surface area contributed by atoms with Gasteiger partial charge >= 0.3 is 0 Å². The van der Waals surface area contributed by atoms with Crippen LogP contribution in [0.1, 0.15) is 28.9 Å². The van der Waals surface area contributed by atoms with E-state index in [2.05, 4.69) is 36.5 Å². The Morgan fingerprint density at radius 3 is 2.87 bits per heavy atom. The van der Waals surface area contributed by atoms with Gasteiger partial charge in [-0.1, -0.05) is 11.6 Å². The third-order valence-electron chi connectivity index (χ3n) is 6.29. The van der Waals surface area contributed by atoms with Crippen molar-refractivity contribution in [1.29, 1.82) is 0 Å². The van der Waals surface area contributed by atoms with Crippen molar-refractivity contribution in [3.05, 3.63) is 45.3 Å². The first-order valence-electron chi connectivity index (χ1n) is 9.74. The molecule has 0 bridgehead atoms. The first-order chi connectivity index (χ1) is 14.4. The van der Waals surface area contributed by atoms with Crippen LogP contribution in [0.5, 0.6) is 0 Å². The molecular formula is C20H20BrClN6O2. The molecule has 3 aromatic rings. The number of nitrogens with one attached hydrogen (secondary N) is 2. The van der Waals surface area contributed by atoms with Crippen LogP contribution in [0, 0.1) is 5.41 Å². The van der Waals surface area contributed by atoms with E-state index in [9.17, 15) is 9.59 Å². The van der Waals surface area contributed by atoms with Crippen molar-refractivity contribution >= 4 is 50.2 Å². The second-order valence-corrected chi connectivity index (χ2v) is 9.40. The molecule has 2 amide bonds. The Hall–Kier alpha value is -2.39. The maximum absolute atomic E-state index is 13.2. The molecule has 10 heteroatoms. The first-order valence-corrected chi connectivity index (χ1v) is 10.9. The zero-order chi connectivity index (χ0) is 21.0. The van der Waals surface area contributed by atoms with Gasteiger partial charge in [-0.25, -0.2) is 0 Å². The molecule has 2 aromatic heterocycles. The minimum atomic E-state index is -0.111. The van der Waals surface area contributed by atoms with Crippen LogP contribution in [0.4, 0.5) is 0 Å². The van der Waals surface area contributed by atoms with Gasteiger partial charge in [0.2, 0.25) is 5.91 Å². The summed E-state index contributed by atoms with van der Waals surface area (Å²) in [7, 11) is 1.81. The van der Waals surface area contributed by atoms with E-state index in [0.717, 1.165) is 33.9 Å². The Bertz CT molecular complexity index is 1150. The van der Waals surface area contributed by atoms with Crippen molar-refractivity contribution < 1.29 is 9.59 Å². The fourth-order valence-corrected chi connectivity index (χ4v) is 5.12. The minimum Gasteiger partial charge on any atom is -0.351 e. The fraction of sp³-hybridized carbons (Fsp3) is 0.400. The molecule has 5 rings (SSSR count). The molecule has 3 heterocycles. The van der Waals surface area contributed by atoms with Gasteiger partial charge in [0, 0.05) is 30.9 Å². The number of hydrogen-bond donors (Lipinski definition) is 2. The number of carbonyl (C=O) groups is 2. The van der Waals surface area contributed by atoms with E-state index in [-0.39, 0.29) is 29.7 Å². The summed E-state index contributed by atoms with van der Waals surface area (Å²) in [5.74, 6) is -0.178. The van der Waals surface area contributed by atoms with Gasteiger partial charge in [-0.05, 0) is 40.9 Å². The Kier molecular flexibility index (Phi) is 4.62. The molecule has 30 heavy (non-hydrogen) atoms. The summed E-state index contributed by atoms with van der Waals surface area (Å²) in [6, 6.07) is 3.49. The molecule has 1 atom stereocenters. The quantitative estimate of drug-likeness (QED) is 0.586. The molecule has 0 radical (unpaired) electrons. The molecule has 156 valence electrons. The predicted molar refractivity (Wildman–Crippen MR) is 115 cm³/mol. The van der Waals surface area contributed by atoms with E-state index in [0.29, 0.717) is 23.7 Å². The average Bonchev–Trinajstić information content (AvgIpc) is 3.03. The second kappa shape index (κ2) is 7.09. The zero-order valence-corrected chi connectivity index (χ0v) is 18.6. The van der Waals surface area contributed by atoms with E-state index >= 15 is 0 Å². The molecule has 1 saturated heterocycles. The smallest absolute Gasteiger partial charge is 0.255 e. The standard InChI is InChI=1S/C20H20BrClN6O2/c1-27-15(13(21)8-24-27)6-17(29)25-16-9-28(10-20(16)4-5-20)19(30)11-2-3-14-12(18(11)22)7-23-26-14/h2-3,7-8,16H,4-6,9-10H2,1H3,(H,23,26)(H,25,29). The van der Waals surface area contributed by atoms with Gasteiger partial charge in [0.15, 0.2) is 0 Å². The van der Waals surface area contributed by atoms with Crippen LogP contribution in [0.2, 0.25) is 5.02 Å². The van der Waals surface area contributed by atoms with Crippen LogP contribution in [-0.2, 0) is 18.3 Å². The van der Waals surface area contributed by atoms with Crippen molar-refractivity contribution in [1.82, 2.24) is 30.2 Å². The monoisotopic (exact) mass is 490 g/mol. The molecule has 1 aromatic carbocycles. The fourth-order valence-electron chi connectivity index (χ4n) is 4.34. The zero-order valence-electron chi connectivity index (χ0n) is 16.3. The molecule has 2 fully saturated rings. The lowest BCUT2D eigenvalue weighted by Crippen LogP contribution is -2.42. The highest BCUT2D eigenvalue weighted by atomic mass is 79.9. The summed E-state index contributed by atoms with van der Waals surface area (Å²) in [5.41, 5.74) is 2.06. The number of fused-ring (bicyclic) bond motifs is 1. The van der Waals surface area contributed by atoms with Gasteiger partial charge in [0.1, 0.15) is 0 Å². The van der Waals surface area contributed by atoms with Crippen LogP contribution < -0.4 is 5.32 Å². The van der Waals surface area contributed by atoms with Gasteiger partial charge < -0.3 is 10.2 Å². The number of amides is 2. The van der Waals surface area contributed by atoms with E-state index in [1.165, 1.54) is 0 Å². The van der Waals surface area contributed by atoms with Crippen molar-refractivity contribution in [2.24, 2.45) is 12.5 Å². The predicted octanol–water partition coefficient (Wildman–Crippen LogP) is 2.68. The largest absolute Gasteiger partial charge is 0.351 e. The SMILES string of the molecule is Cn1ncc(Br)c1CC(=O)NC1CN(C(=O)c2ccc3[nH]ncc3c2Cl)CC12CC2. The average molecular weight is 492 g/mol. The van der Waals surface area contributed by atoms with Crippen molar-refractivity contribution in [3.8, 4) is 0 Å². The highest BCUT2D eigenvalue weighted by molar-refractivity contribution is 9.10. The molecule has 1 saturated carbocycles. The third-order valence-corrected chi connectivity index (χ3v) is 7.36. The second-order valence-electron chi connectivity index (χ2n) is 8.17. The van der Waals surface area contributed by atoms with Crippen molar-refractivity contribution in [2.45, 2.75) is 25.3 Å². The normalized spacial score (nSPS) is 19.6. The molecule has 1 unspecified atom stereocenters. The van der Waals surface area contributed by atoms with Gasteiger partial charge in [0.25, 0.3) is 5.91 Å². The summed E-state index contributed by atoms with van der Waals surface area (Å²) in [4.78, 5) is 27.7. The minimum absolute atomic E-state index is 0.0266. The summed E-state index contributed by atoms with van der Waals surface area (Å²) >= 11 is 9.92. The van der Waals surface area contributed by atoms with Crippen LogP contribution in [0.15, 0.2) is 29.0 Å². The summed E-state index contributed by atoms with van der Waals surface area (Å²) < 4.78 is 2.50. The number of nitrogens with zero attached hydrogens (tertiary/aromatic N) is 4. The number of rotatable bonds is 4. The van der Waals surface area contributed by atoms with Crippen LogP contribution in [0.3, 0.4) is 0 Å². The molecule has 1 aliphatic heterocycles. The maximum Gasteiger partial charge on any atom is 0.255 e. The van der Waals surface area contributed by atoms with Crippen molar-refractivity contribution in [2.75, 3.05) is 13.1 Å². The highest BCUT2D eigenvalue weighted by Crippen LogP contribution is 2.53. The topological polar surface area (TPSA) is 95.9 Å². The Balaban J connectivity index is 1.31. The first kappa shape index (κ1) is 19.6. The van der Waals surface area contributed by atoms with E-state index in [1.807, 2.05) is 18.0 Å². The molecule has 8 nitrogen and oxygen atoms in total. The van der Waals surface area contributed by atoms with Crippen molar-refractivity contribution in [3.63, 3.8) is 0 Å². The molecule has 2 aliphatic rings. The lowest BCUT2D eigenvalue weighted by molar-refractivity contribution is -0.121. The lowest BCUT2D eigenvalue weighted by atomic mass is 10.0. The summed E-state index contributed by atoms with van der Waals surface area (Å²) in [5, 5.41) is 15.3. The Labute approximate surface area is 186 Å². The molecular weight excluding hydrogens is 472 g/mol. The number of aromatic amines is 1. The summed E-state index contributed by atoms with van der Waals surface area (Å²) in [6.45, 7) is 1.11. The van der Waals surface area contributed by atoms with Gasteiger partial charge in [-0.3, -0.25) is 19.4 Å². The summed E-state index contributed by atoms with van der Waals surface area (Å²) in [6.07, 6.45) is 5.56. The molecule has 1 spiro atoms. The van der Waals surface area contributed by atoms with Crippen LogP contribution in [-0.4, -0.2) is 55.8 Å². The number of hydrogen-bond acceptors (Lipinski definition) is 4. The van der Waals surface area contributed by atoms with Gasteiger partial charge in [-0.2, -0.15) is 10.2 Å². The number of aromatic nitrogens is 4. The Morgan fingerprint density at radius 2 is 2.17 bits per heavy atom. The van der Waals surface area contributed by atoms with Gasteiger partial charge in [0.05, 0.1) is 51.1 Å². The van der Waals surface area contributed by atoms with E-state index in [4.69, 9.17) is 11.6 Å². The lowest BCUT2D eigenvalue weighted by Gasteiger charge is -2.19. The van der Waals surface area contributed by atoms with E-state index < -0.39 is 0 Å². The number of likely N-dealkylation sites (tertiary alicyclic amines) is 1. The molecule has 1 aliphatic carbocycles. The number of aryl methyl sites for hydroxylation is 1. The third kappa shape index (κ3) is 3.20. The number of H-pyrrole nitrogens is 1.